The molecule has 1 aliphatic heterocycles. The van der Waals surface area contributed by atoms with Gasteiger partial charge in [0.05, 0.1) is 18.8 Å². The van der Waals surface area contributed by atoms with E-state index in [-0.39, 0.29) is 5.56 Å². The van der Waals surface area contributed by atoms with Gasteiger partial charge in [-0.2, -0.15) is 0 Å². The predicted octanol–water partition coefficient (Wildman–Crippen LogP) is 2.44. The molecule has 2 nitrogen and oxygen atoms in total. The standard InChI is InChI=1S/C12H11FO2/c13-12-9(7-14)3-1-5-11(12)10-4-2-6-15-8-10/h1,3-5,7H,2,6,8H2. The van der Waals surface area contributed by atoms with Gasteiger partial charge in [-0.25, -0.2) is 4.39 Å². The van der Waals surface area contributed by atoms with Gasteiger partial charge in [0.15, 0.2) is 6.29 Å². The van der Waals surface area contributed by atoms with Crippen LogP contribution in [0.4, 0.5) is 4.39 Å². The third-order valence-corrected chi connectivity index (χ3v) is 2.41. The number of benzene rings is 1. The Balaban J connectivity index is 2.43. The zero-order valence-corrected chi connectivity index (χ0v) is 8.20. The summed E-state index contributed by atoms with van der Waals surface area (Å²) in [5.41, 5.74) is 1.39. The SMILES string of the molecule is O=Cc1cccc(C2=CCCOC2)c1F. The van der Waals surface area contributed by atoms with Gasteiger partial charge in [-0.3, -0.25) is 4.79 Å². The quantitative estimate of drug-likeness (QED) is 0.695. The minimum absolute atomic E-state index is 0.0963. The van der Waals surface area contributed by atoms with Crippen LogP contribution in [0.1, 0.15) is 22.3 Å². The normalized spacial score (nSPS) is 15.9. The lowest BCUT2D eigenvalue weighted by atomic mass is 10.0. The molecule has 78 valence electrons. The fourth-order valence-electron chi connectivity index (χ4n) is 1.63. The monoisotopic (exact) mass is 206 g/mol. The number of ether oxygens (including phenoxy) is 1. The van der Waals surface area contributed by atoms with Crippen LogP contribution < -0.4 is 0 Å². The van der Waals surface area contributed by atoms with Gasteiger partial charge in [0, 0.05) is 5.56 Å². The van der Waals surface area contributed by atoms with Crippen molar-refractivity contribution in [3.05, 3.63) is 41.2 Å². The van der Waals surface area contributed by atoms with Crippen LogP contribution in [0.5, 0.6) is 0 Å². The Morgan fingerprint density at radius 1 is 1.40 bits per heavy atom. The average molecular weight is 206 g/mol. The van der Waals surface area contributed by atoms with Crippen molar-refractivity contribution in [3.8, 4) is 0 Å². The first-order valence-electron chi connectivity index (χ1n) is 4.84. The van der Waals surface area contributed by atoms with Crippen LogP contribution >= 0.6 is 0 Å². The third-order valence-electron chi connectivity index (χ3n) is 2.41. The van der Waals surface area contributed by atoms with E-state index in [0.717, 1.165) is 12.0 Å². The smallest absolute Gasteiger partial charge is 0.153 e. The Kier molecular flexibility index (Phi) is 2.92. The van der Waals surface area contributed by atoms with Gasteiger partial charge in [0.2, 0.25) is 0 Å². The molecule has 0 saturated heterocycles. The Labute approximate surface area is 87.4 Å². The number of carbonyl (C=O) groups excluding carboxylic acids is 1. The Hall–Kier alpha value is -1.48. The van der Waals surface area contributed by atoms with Gasteiger partial charge < -0.3 is 4.74 Å². The number of rotatable bonds is 2. The zero-order chi connectivity index (χ0) is 10.7. The highest BCUT2D eigenvalue weighted by molar-refractivity contribution is 5.79. The molecule has 1 aliphatic rings. The van der Waals surface area contributed by atoms with Crippen molar-refractivity contribution in [2.45, 2.75) is 6.42 Å². The molecule has 1 aromatic rings. The molecular weight excluding hydrogens is 195 g/mol. The molecule has 0 radical (unpaired) electrons. The summed E-state index contributed by atoms with van der Waals surface area (Å²) in [6.45, 7) is 1.09. The summed E-state index contributed by atoms with van der Waals surface area (Å²) in [4.78, 5) is 10.6. The van der Waals surface area contributed by atoms with E-state index in [0.29, 0.717) is 25.1 Å². The first-order chi connectivity index (χ1) is 7.33. The van der Waals surface area contributed by atoms with Gasteiger partial charge >= 0.3 is 0 Å². The molecule has 0 spiro atoms. The molecule has 0 aliphatic carbocycles. The van der Waals surface area contributed by atoms with Crippen LogP contribution in [-0.2, 0) is 4.74 Å². The van der Waals surface area contributed by atoms with E-state index in [2.05, 4.69) is 0 Å². The molecule has 0 fully saturated rings. The van der Waals surface area contributed by atoms with Crippen molar-refractivity contribution < 1.29 is 13.9 Å². The molecule has 0 atom stereocenters. The highest BCUT2D eigenvalue weighted by Gasteiger charge is 2.13. The molecule has 15 heavy (non-hydrogen) atoms. The number of aldehydes is 1. The molecular formula is C12H11FO2. The number of hydrogen-bond donors (Lipinski definition) is 0. The Bertz CT molecular complexity index is 410. The molecule has 3 heteroatoms. The topological polar surface area (TPSA) is 26.3 Å². The second kappa shape index (κ2) is 4.36. The van der Waals surface area contributed by atoms with E-state index in [1.54, 1.807) is 12.1 Å². The summed E-state index contributed by atoms with van der Waals surface area (Å²) in [5.74, 6) is -0.454. The minimum atomic E-state index is -0.454. The van der Waals surface area contributed by atoms with Crippen LogP contribution in [0.15, 0.2) is 24.3 Å². The lowest BCUT2D eigenvalue weighted by Gasteiger charge is -2.14. The van der Waals surface area contributed by atoms with Crippen LogP contribution in [0, 0.1) is 5.82 Å². The minimum Gasteiger partial charge on any atom is -0.376 e. The van der Waals surface area contributed by atoms with Crippen molar-refractivity contribution in [2.24, 2.45) is 0 Å². The van der Waals surface area contributed by atoms with Gasteiger partial charge in [-0.15, -0.1) is 0 Å². The van der Waals surface area contributed by atoms with Crippen LogP contribution in [0.25, 0.3) is 5.57 Å². The lowest BCUT2D eigenvalue weighted by molar-refractivity contribution is 0.111. The zero-order valence-electron chi connectivity index (χ0n) is 8.20. The van der Waals surface area contributed by atoms with Crippen LogP contribution in [0.3, 0.4) is 0 Å². The third kappa shape index (κ3) is 1.97. The molecule has 1 aromatic carbocycles. The molecule has 2 rings (SSSR count). The molecule has 0 unspecified atom stereocenters. The van der Waals surface area contributed by atoms with Crippen molar-refractivity contribution in [3.63, 3.8) is 0 Å². The summed E-state index contributed by atoms with van der Waals surface area (Å²) in [6.07, 6.45) is 3.28. The number of carbonyl (C=O) groups is 1. The Morgan fingerprint density at radius 2 is 2.27 bits per heavy atom. The summed E-state index contributed by atoms with van der Waals surface area (Å²) < 4.78 is 19.0. The van der Waals surface area contributed by atoms with Crippen molar-refractivity contribution in [1.29, 1.82) is 0 Å². The molecule has 0 bridgehead atoms. The van der Waals surface area contributed by atoms with Crippen LogP contribution in [0.2, 0.25) is 0 Å². The van der Waals surface area contributed by atoms with Gasteiger partial charge in [-0.05, 0) is 18.1 Å². The predicted molar refractivity (Wildman–Crippen MR) is 55.2 cm³/mol. The maximum absolute atomic E-state index is 13.7. The largest absolute Gasteiger partial charge is 0.376 e. The highest BCUT2D eigenvalue weighted by atomic mass is 19.1. The summed E-state index contributed by atoms with van der Waals surface area (Å²) in [6, 6.07) is 4.82. The highest BCUT2D eigenvalue weighted by Crippen LogP contribution is 2.23. The summed E-state index contributed by atoms with van der Waals surface area (Å²) in [7, 11) is 0. The van der Waals surface area contributed by atoms with E-state index in [4.69, 9.17) is 4.74 Å². The number of halogens is 1. The molecule has 0 amide bonds. The molecule has 0 aromatic heterocycles. The lowest BCUT2D eigenvalue weighted by Crippen LogP contribution is -2.07. The maximum atomic E-state index is 13.7. The van der Waals surface area contributed by atoms with Crippen LogP contribution in [-0.4, -0.2) is 19.5 Å². The van der Waals surface area contributed by atoms with E-state index in [1.807, 2.05) is 6.08 Å². The van der Waals surface area contributed by atoms with Gasteiger partial charge in [-0.1, -0.05) is 18.2 Å². The van der Waals surface area contributed by atoms with E-state index < -0.39 is 5.82 Å². The van der Waals surface area contributed by atoms with E-state index >= 15 is 0 Å². The van der Waals surface area contributed by atoms with E-state index in [9.17, 15) is 9.18 Å². The molecule has 1 heterocycles. The average Bonchev–Trinajstić information content (AvgIpc) is 2.30. The van der Waals surface area contributed by atoms with Crippen molar-refractivity contribution in [2.75, 3.05) is 13.2 Å². The second-order valence-corrected chi connectivity index (χ2v) is 3.40. The Morgan fingerprint density at radius 3 is 2.93 bits per heavy atom. The first kappa shape index (κ1) is 10.1. The van der Waals surface area contributed by atoms with Gasteiger partial charge in [0.25, 0.3) is 0 Å². The van der Waals surface area contributed by atoms with Gasteiger partial charge in [0.1, 0.15) is 5.82 Å². The van der Waals surface area contributed by atoms with E-state index in [1.165, 1.54) is 6.07 Å². The molecule has 0 saturated carbocycles. The summed E-state index contributed by atoms with van der Waals surface area (Å²) >= 11 is 0. The van der Waals surface area contributed by atoms with Crippen molar-refractivity contribution in [1.82, 2.24) is 0 Å². The maximum Gasteiger partial charge on any atom is 0.153 e. The second-order valence-electron chi connectivity index (χ2n) is 3.40. The molecule has 0 N–H and O–H groups in total. The first-order valence-corrected chi connectivity index (χ1v) is 4.84. The fraction of sp³-hybridized carbons (Fsp3) is 0.250. The summed E-state index contributed by atoms with van der Waals surface area (Å²) in [5, 5.41) is 0. The number of hydrogen-bond acceptors (Lipinski definition) is 2. The van der Waals surface area contributed by atoms with Crippen molar-refractivity contribution >= 4 is 11.9 Å². The fourth-order valence-corrected chi connectivity index (χ4v) is 1.63.